The first-order valence-electron chi connectivity index (χ1n) is 3.43. The second-order valence-corrected chi connectivity index (χ2v) is 3.67. The molecule has 0 aromatic heterocycles. The molecule has 0 bridgehead atoms. The lowest BCUT2D eigenvalue weighted by Crippen LogP contribution is -2.34. The molecular formula is C4H14N4OSi2. The van der Waals surface area contributed by atoms with Crippen molar-refractivity contribution in [3.05, 3.63) is 0 Å². The second kappa shape index (κ2) is 10.2. The number of nitrogens with one attached hydrogen (secondary N) is 2. The molecule has 0 aliphatic heterocycles. The van der Waals surface area contributed by atoms with Crippen LogP contribution in [0.3, 0.4) is 0 Å². The second-order valence-electron chi connectivity index (χ2n) is 1.74. The van der Waals surface area contributed by atoms with Crippen molar-refractivity contribution in [3.63, 3.8) is 0 Å². The van der Waals surface area contributed by atoms with Gasteiger partial charge in [0.15, 0.2) is 0 Å². The smallest absolute Gasteiger partial charge is 0.326 e. The van der Waals surface area contributed by atoms with Crippen molar-refractivity contribution in [1.82, 2.24) is 9.96 Å². The van der Waals surface area contributed by atoms with Gasteiger partial charge in [-0.05, 0) is 0 Å². The molecule has 0 amide bonds. The number of nitrogens with two attached hydrogens (primary N) is 2. The van der Waals surface area contributed by atoms with E-state index in [0.29, 0.717) is 32.9 Å². The maximum atomic E-state index is 5.25. The molecule has 0 rings (SSSR count). The summed E-state index contributed by atoms with van der Waals surface area (Å²) in [7, 11) is 0.659. The van der Waals surface area contributed by atoms with Gasteiger partial charge in [0.25, 0.3) is 0 Å². The summed E-state index contributed by atoms with van der Waals surface area (Å²) in [6.45, 7) is 2.91. The first kappa shape index (κ1) is 11.2. The van der Waals surface area contributed by atoms with Crippen LogP contribution in [0.1, 0.15) is 0 Å². The van der Waals surface area contributed by atoms with Crippen LogP contribution in [0, 0.1) is 0 Å². The van der Waals surface area contributed by atoms with E-state index < -0.39 is 0 Å². The van der Waals surface area contributed by atoms with Crippen LogP contribution in [0.2, 0.25) is 0 Å². The van der Waals surface area contributed by atoms with Crippen molar-refractivity contribution in [1.29, 1.82) is 0 Å². The third-order valence-electron chi connectivity index (χ3n) is 0.785. The van der Waals surface area contributed by atoms with Gasteiger partial charge >= 0.3 is 19.8 Å². The quantitative estimate of drug-likeness (QED) is 0.245. The maximum absolute atomic E-state index is 5.25. The van der Waals surface area contributed by atoms with Crippen LogP contribution in [-0.4, -0.2) is 46.0 Å². The van der Waals surface area contributed by atoms with E-state index in [0.717, 1.165) is 13.1 Å². The van der Waals surface area contributed by atoms with Crippen molar-refractivity contribution >= 4 is 19.8 Å². The molecular weight excluding hydrogens is 176 g/mol. The molecule has 64 valence electrons. The van der Waals surface area contributed by atoms with Crippen LogP contribution in [0.15, 0.2) is 0 Å². The van der Waals surface area contributed by atoms with Gasteiger partial charge in [-0.2, -0.15) is 0 Å². The van der Waals surface area contributed by atoms with E-state index in [1.165, 1.54) is 0 Å². The van der Waals surface area contributed by atoms with E-state index in [-0.39, 0.29) is 0 Å². The molecule has 6 N–H and O–H groups in total. The van der Waals surface area contributed by atoms with E-state index in [1.54, 1.807) is 0 Å². The SMILES string of the molecule is NCCN[Si]O[Si]NCCN. The van der Waals surface area contributed by atoms with E-state index in [2.05, 4.69) is 9.96 Å². The predicted molar refractivity (Wildman–Crippen MR) is 46.7 cm³/mol. The topological polar surface area (TPSA) is 85.3 Å². The van der Waals surface area contributed by atoms with Gasteiger partial charge in [-0.15, -0.1) is 0 Å². The summed E-state index contributed by atoms with van der Waals surface area (Å²) in [5.41, 5.74) is 10.5. The van der Waals surface area contributed by atoms with Crippen molar-refractivity contribution in [2.45, 2.75) is 0 Å². The zero-order valence-electron chi connectivity index (χ0n) is 6.39. The molecule has 0 aromatic carbocycles. The molecule has 11 heavy (non-hydrogen) atoms. The average molecular weight is 190 g/mol. The van der Waals surface area contributed by atoms with E-state index >= 15 is 0 Å². The van der Waals surface area contributed by atoms with E-state index in [4.69, 9.17) is 15.6 Å². The highest BCUT2D eigenvalue weighted by molar-refractivity contribution is 6.39. The molecule has 0 atom stereocenters. The molecule has 0 aliphatic carbocycles. The summed E-state index contributed by atoms with van der Waals surface area (Å²) in [4.78, 5) is 6.06. The van der Waals surface area contributed by atoms with Gasteiger partial charge in [0.05, 0.1) is 0 Å². The van der Waals surface area contributed by atoms with Crippen LogP contribution in [-0.2, 0) is 4.12 Å². The van der Waals surface area contributed by atoms with E-state index in [1.807, 2.05) is 0 Å². The van der Waals surface area contributed by atoms with Crippen LogP contribution in [0.5, 0.6) is 0 Å². The Labute approximate surface area is 72.3 Å². The average Bonchev–Trinajstić information content (AvgIpc) is 2.03. The van der Waals surface area contributed by atoms with Gasteiger partial charge in [-0.1, -0.05) is 0 Å². The lowest BCUT2D eigenvalue weighted by Gasteiger charge is -2.01. The summed E-state index contributed by atoms with van der Waals surface area (Å²) in [6.07, 6.45) is 0. The van der Waals surface area contributed by atoms with Gasteiger partial charge < -0.3 is 25.5 Å². The Morgan fingerprint density at radius 3 is 1.82 bits per heavy atom. The summed E-state index contributed by atoms with van der Waals surface area (Å²) < 4.78 is 5.16. The van der Waals surface area contributed by atoms with Crippen LogP contribution in [0.4, 0.5) is 0 Å². The van der Waals surface area contributed by atoms with Gasteiger partial charge in [-0.3, -0.25) is 0 Å². The number of hydrogen-bond donors (Lipinski definition) is 4. The zero-order valence-corrected chi connectivity index (χ0v) is 8.39. The van der Waals surface area contributed by atoms with Crippen molar-refractivity contribution in [3.8, 4) is 0 Å². The molecule has 0 aliphatic rings. The molecule has 4 radical (unpaired) electrons. The molecule has 7 heteroatoms. The lowest BCUT2D eigenvalue weighted by molar-refractivity contribution is 0.595. The largest absolute Gasteiger partial charge is 0.432 e. The highest BCUT2D eigenvalue weighted by atomic mass is 28.3. The molecule has 5 nitrogen and oxygen atoms in total. The Balaban J connectivity index is 2.69. The van der Waals surface area contributed by atoms with Gasteiger partial charge in [0.2, 0.25) is 0 Å². The van der Waals surface area contributed by atoms with Crippen molar-refractivity contribution in [2.75, 3.05) is 26.2 Å². The minimum absolute atomic E-state index is 0.329. The zero-order chi connectivity index (χ0) is 8.36. The maximum Gasteiger partial charge on any atom is 0.326 e. The Bertz CT molecular complexity index is 69.1. The minimum atomic E-state index is 0.329. The van der Waals surface area contributed by atoms with Crippen LogP contribution in [0.25, 0.3) is 0 Å². The monoisotopic (exact) mass is 190 g/mol. The Morgan fingerprint density at radius 2 is 1.45 bits per heavy atom. The molecule has 0 heterocycles. The summed E-state index contributed by atoms with van der Waals surface area (Å²) in [5, 5.41) is 0. The van der Waals surface area contributed by atoms with Gasteiger partial charge in [-0.25, -0.2) is 0 Å². The molecule has 0 fully saturated rings. The molecule has 0 aromatic rings. The Morgan fingerprint density at radius 1 is 1.00 bits per heavy atom. The Hall–Kier alpha value is 0.234. The normalized spacial score (nSPS) is 10.4. The van der Waals surface area contributed by atoms with Crippen molar-refractivity contribution in [2.24, 2.45) is 11.5 Å². The fraction of sp³-hybridized carbons (Fsp3) is 1.00. The summed E-state index contributed by atoms with van der Waals surface area (Å²) in [5.74, 6) is 0. The highest BCUT2D eigenvalue weighted by Crippen LogP contribution is 1.58. The third kappa shape index (κ3) is 10.2. The Kier molecular flexibility index (Phi) is 10.5. The first-order chi connectivity index (χ1) is 5.41. The predicted octanol–water partition coefficient (Wildman–Crippen LogP) is -2.83. The lowest BCUT2D eigenvalue weighted by atomic mass is 10.7. The molecule has 0 saturated carbocycles. The third-order valence-corrected chi connectivity index (χ3v) is 2.39. The summed E-state index contributed by atoms with van der Waals surface area (Å²) in [6, 6.07) is 0. The standard InChI is InChI=1S/C4H14N4OSi2/c5-1-3-7-10-9-11-8-4-2-6/h7-8H,1-6H2. The molecule has 0 spiro atoms. The fourth-order valence-corrected chi connectivity index (χ4v) is 1.62. The minimum Gasteiger partial charge on any atom is -0.432 e. The fourth-order valence-electron chi connectivity index (χ4n) is 0.344. The van der Waals surface area contributed by atoms with Gasteiger partial charge in [0.1, 0.15) is 0 Å². The first-order valence-corrected chi connectivity index (χ1v) is 5.25. The van der Waals surface area contributed by atoms with Crippen LogP contribution >= 0.6 is 0 Å². The number of hydrogen-bond acceptors (Lipinski definition) is 5. The van der Waals surface area contributed by atoms with E-state index in [9.17, 15) is 0 Å². The highest BCUT2D eigenvalue weighted by Gasteiger charge is 1.91. The van der Waals surface area contributed by atoms with Gasteiger partial charge in [0, 0.05) is 26.2 Å². The van der Waals surface area contributed by atoms with Crippen molar-refractivity contribution < 1.29 is 4.12 Å². The number of rotatable bonds is 8. The van der Waals surface area contributed by atoms with Crippen LogP contribution < -0.4 is 21.4 Å². The summed E-state index contributed by atoms with van der Waals surface area (Å²) >= 11 is 0. The molecule has 0 saturated heterocycles. The molecule has 0 unspecified atom stereocenters.